The first-order valence-electron chi connectivity index (χ1n) is 8.73. The lowest BCUT2D eigenvalue weighted by atomic mass is 9.81. The number of fused-ring (bicyclic) bond motifs is 1. The number of quaternary nitrogens is 1. The second kappa shape index (κ2) is 7.27. The summed E-state index contributed by atoms with van der Waals surface area (Å²) in [5.41, 5.74) is 1.44. The van der Waals surface area contributed by atoms with E-state index in [2.05, 4.69) is 44.4 Å². The van der Waals surface area contributed by atoms with Crippen molar-refractivity contribution in [3.8, 4) is 6.07 Å². The number of nitrogens with zero attached hydrogens (tertiary/aromatic N) is 1. The Hall–Kier alpha value is -1.88. The monoisotopic (exact) mass is 404 g/mol. The highest BCUT2D eigenvalue weighted by molar-refractivity contribution is 8.00. The first-order chi connectivity index (χ1) is 12.6. The third kappa shape index (κ3) is 4.18. The van der Waals surface area contributed by atoms with Gasteiger partial charge in [0.25, 0.3) is 0 Å². The average Bonchev–Trinajstić information content (AvgIpc) is 2.90. The van der Waals surface area contributed by atoms with Crippen LogP contribution in [0.2, 0.25) is 0 Å². The summed E-state index contributed by atoms with van der Waals surface area (Å²) in [6, 6.07) is 8.67. The van der Waals surface area contributed by atoms with Crippen molar-refractivity contribution in [3.63, 3.8) is 0 Å². The van der Waals surface area contributed by atoms with E-state index in [9.17, 15) is 14.4 Å². The number of nitrogens with two attached hydrogens (primary N) is 1. The van der Waals surface area contributed by atoms with Crippen LogP contribution in [-0.2, 0) is 16.8 Å². The molecule has 0 aliphatic carbocycles. The number of thiophene rings is 1. The quantitative estimate of drug-likeness (QED) is 0.765. The van der Waals surface area contributed by atoms with Gasteiger partial charge in [0.05, 0.1) is 21.7 Å². The van der Waals surface area contributed by atoms with Crippen molar-refractivity contribution in [1.82, 2.24) is 0 Å². The number of carbonyl (C=O) groups is 1. The van der Waals surface area contributed by atoms with Crippen LogP contribution in [0.3, 0.4) is 0 Å². The SMILES string of the molecule is CC1(C)Cc2c(sc(NC(=O)CSc3ccccc3F)c2C#N)C(C)(C)[NH2+]1. The molecule has 7 heteroatoms. The maximum Gasteiger partial charge on any atom is 0.235 e. The van der Waals surface area contributed by atoms with E-state index in [4.69, 9.17) is 0 Å². The zero-order chi connectivity index (χ0) is 19.8. The fourth-order valence-electron chi connectivity index (χ4n) is 3.78. The van der Waals surface area contributed by atoms with Gasteiger partial charge in [-0.15, -0.1) is 23.1 Å². The molecule has 142 valence electrons. The van der Waals surface area contributed by atoms with Gasteiger partial charge in [-0.25, -0.2) is 4.39 Å². The molecule has 1 aromatic heterocycles. The molecule has 0 saturated carbocycles. The normalized spacial score (nSPS) is 17.0. The van der Waals surface area contributed by atoms with Crippen molar-refractivity contribution in [2.75, 3.05) is 11.1 Å². The molecule has 2 heterocycles. The molecule has 0 fully saturated rings. The van der Waals surface area contributed by atoms with Crippen molar-refractivity contribution in [1.29, 1.82) is 5.26 Å². The van der Waals surface area contributed by atoms with E-state index < -0.39 is 0 Å². The molecule has 4 nitrogen and oxygen atoms in total. The van der Waals surface area contributed by atoms with Gasteiger partial charge in [0.2, 0.25) is 5.91 Å². The molecule has 0 atom stereocenters. The molecule has 0 saturated heterocycles. The minimum atomic E-state index is -0.334. The van der Waals surface area contributed by atoms with E-state index in [0.717, 1.165) is 28.6 Å². The van der Waals surface area contributed by atoms with Gasteiger partial charge in [-0.1, -0.05) is 12.1 Å². The average molecular weight is 405 g/mol. The number of nitrogens with one attached hydrogen (secondary N) is 1. The van der Waals surface area contributed by atoms with Gasteiger partial charge in [-0.3, -0.25) is 4.79 Å². The number of nitriles is 1. The number of anilines is 1. The van der Waals surface area contributed by atoms with E-state index in [1.54, 1.807) is 18.2 Å². The molecule has 0 radical (unpaired) electrons. The fourth-order valence-corrected chi connectivity index (χ4v) is 5.78. The molecular formula is C20H23FN3OS2+. The summed E-state index contributed by atoms with van der Waals surface area (Å²) in [5, 5.41) is 15.5. The number of benzene rings is 1. The highest BCUT2D eigenvalue weighted by Gasteiger charge is 2.44. The molecule has 0 unspecified atom stereocenters. The summed E-state index contributed by atoms with van der Waals surface area (Å²) in [6.07, 6.45) is 0.783. The number of hydrogen-bond donors (Lipinski definition) is 2. The number of amides is 1. The van der Waals surface area contributed by atoms with Gasteiger partial charge in [-0.2, -0.15) is 5.26 Å². The van der Waals surface area contributed by atoms with Crippen LogP contribution in [0.1, 0.15) is 43.7 Å². The van der Waals surface area contributed by atoms with Crippen LogP contribution in [0.25, 0.3) is 0 Å². The Balaban J connectivity index is 1.80. The molecule has 1 aliphatic heterocycles. The highest BCUT2D eigenvalue weighted by atomic mass is 32.2. The van der Waals surface area contributed by atoms with E-state index >= 15 is 0 Å². The smallest absolute Gasteiger partial charge is 0.235 e. The number of halogens is 1. The van der Waals surface area contributed by atoms with Crippen molar-refractivity contribution in [3.05, 3.63) is 46.1 Å². The predicted molar refractivity (Wildman–Crippen MR) is 108 cm³/mol. The zero-order valence-electron chi connectivity index (χ0n) is 15.9. The predicted octanol–water partition coefficient (Wildman–Crippen LogP) is 3.62. The molecule has 3 rings (SSSR count). The van der Waals surface area contributed by atoms with Crippen LogP contribution in [-0.4, -0.2) is 17.2 Å². The molecule has 1 aliphatic rings. The van der Waals surface area contributed by atoms with E-state index in [0.29, 0.717) is 15.5 Å². The van der Waals surface area contributed by atoms with Crippen LogP contribution in [0, 0.1) is 17.1 Å². The van der Waals surface area contributed by atoms with Gasteiger partial charge in [0, 0.05) is 11.3 Å². The topological polar surface area (TPSA) is 69.5 Å². The summed E-state index contributed by atoms with van der Waals surface area (Å²) in [6.45, 7) is 8.62. The fraction of sp³-hybridized carbons (Fsp3) is 0.400. The van der Waals surface area contributed by atoms with Gasteiger partial charge < -0.3 is 10.6 Å². The van der Waals surface area contributed by atoms with Gasteiger partial charge >= 0.3 is 0 Å². The zero-order valence-corrected chi connectivity index (χ0v) is 17.5. The number of carbonyl (C=O) groups excluding carboxylic acids is 1. The molecular weight excluding hydrogens is 381 g/mol. The second-order valence-corrected chi connectivity index (χ2v) is 10.1. The first kappa shape index (κ1) is 19.9. The Bertz CT molecular complexity index is 928. The maximum absolute atomic E-state index is 13.7. The Kier molecular flexibility index (Phi) is 5.35. The molecule has 2 aromatic rings. The van der Waals surface area contributed by atoms with Gasteiger partial charge in [0.1, 0.15) is 22.4 Å². The lowest BCUT2D eigenvalue weighted by Gasteiger charge is -2.38. The molecule has 0 spiro atoms. The molecule has 3 N–H and O–H groups in total. The van der Waals surface area contributed by atoms with Gasteiger partial charge in [0.15, 0.2) is 0 Å². The van der Waals surface area contributed by atoms with Gasteiger partial charge in [-0.05, 0) is 45.4 Å². The minimum absolute atomic E-state index is 0.00879. The molecule has 1 aromatic carbocycles. The van der Waals surface area contributed by atoms with Crippen molar-refractivity contribution in [2.24, 2.45) is 0 Å². The lowest BCUT2D eigenvalue weighted by Crippen LogP contribution is -3.03. The maximum atomic E-state index is 13.7. The molecule has 27 heavy (non-hydrogen) atoms. The summed E-state index contributed by atoms with van der Waals surface area (Å²) < 4.78 is 13.7. The third-order valence-corrected chi connectivity index (χ3v) is 7.07. The summed E-state index contributed by atoms with van der Waals surface area (Å²) in [4.78, 5) is 14.0. The van der Waals surface area contributed by atoms with Crippen LogP contribution in [0.4, 0.5) is 9.39 Å². The Labute approximate surface area is 167 Å². The molecule has 0 bridgehead atoms. The van der Waals surface area contributed by atoms with Crippen molar-refractivity contribution < 1.29 is 14.5 Å². The number of rotatable bonds is 4. The van der Waals surface area contributed by atoms with Crippen LogP contribution in [0.15, 0.2) is 29.2 Å². The largest absolute Gasteiger partial charge is 0.333 e. The van der Waals surface area contributed by atoms with Crippen LogP contribution in [0.5, 0.6) is 0 Å². The van der Waals surface area contributed by atoms with Crippen molar-refractivity contribution in [2.45, 2.75) is 50.1 Å². The van der Waals surface area contributed by atoms with E-state index in [1.807, 2.05) is 0 Å². The first-order valence-corrected chi connectivity index (χ1v) is 10.5. The molecule has 1 amide bonds. The van der Waals surface area contributed by atoms with Crippen LogP contribution < -0.4 is 10.6 Å². The van der Waals surface area contributed by atoms with E-state index in [-0.39, 0.29) is 28.6 Å². The summed E-state index contributed by atoms with van der Waals surface area (Å²) in [5.74, 6) is -0.478. The minimum Gasteiger partial charge on any atom is -0.333 e. The lowest BCUT2D eigenvalue weighted by molar-refractivity contribution is -0.789. The Morgan fingerprint density at radius 3 is 2.74 bits per heavy atom. The van der Waals surface area contributed by atoms with Crippen molar-refractivity contribution >= 4 is 34.0 Å². The second-order valence-electron chi connectivity index (χ2n) is 8.02. The number of hydrogen-bond acceptors (Lipinski definition) is 4. The Morgan fingerprint density at radius 1 is 1.37 bits per heavy atom. The third-order valence-electron chi connectivity index (χ3n) is 4.54. The Morgan fingerprint density at radius 2 is 2.07 bits per heavy atom. The highest BCUT2D eigenvalue weighted by Crippen LogP contribution is 2.41. The van der Waals surface area contributed by atoms with E-state index in [1.165, 1.54) is 17.4 Å². The standard InChI is InChI=1S/C20H22FN3OS2/c1-19(2)9-12-13(10-22)18(27-17(12)20(3,4)24-19)23-16(25)11-26-15-8-6-5-7-14(15)21/h5-8,24H,9,11H2,1-4H3,(H,23,25)/p+1. The van der Waals surface area contributed by atoms with Crippen LogP contribution >= 0.6 is 23.1 Å². The summed E-state index contributed by atoms with van der Waals surface area (Å²) in [7, 11) is 0. The summed E-state index contributed by atoms with van der Waals surface area (Å²) >= 11 is 2.63. The number of thioether (sulfide) groups is 1.